The number of carboxylic acid groups (broad SMARTS) is 3. The molecular weight excluding hydrogens is 344 g/mol. The van der Waals surface area contributed by atoms with Crippen molar-refractivity contribution in [1.82, 2.24) is 0 Å². The number of carbonyl (C=O) groups is 3. The number of rotatable bonds is 4. The third kappa shape index (κ3) is 2.81. The molecule has 1 aromatic heterocycles. The third-order valence-corrected chi connectivity index (χ3v) is 3.13. The Hall–Kier alpha value is -4.02. The van der Waals surface area contributed by atoms with Crippen molar-refractivity contribution in [3.8, 4) is 28.4 Å². The van der Waals surface area contributed by atoms with Gasteiger partial charge in [-0.25, -0.2) is 19.2 Å². The van der Waals surface area contributed by atoms with E-state index in [-0.39, 0.29) is 0 Å². The number of hydrogen-bond donors (Lipinski definition) is 6. The number of benzene rings is 1. The van der Waals surface area contributed by atoms with Gasteiger partial charge in [0.25, 0.3) is 0 Å². The Morgan fingerprint density at radius 3 is 1.76 bits per heavy atom. The van der Waals surface area contributed by atoms with Crippen LogP contribution >= 0.6 is 0 Å². The molecule has 0 aliphatic rings. The van der Waals surface area contributed by atoms with E-state index in [9.17, 15) is 39.6 Å². The van der Waals surface area contributed by atoms with Gasteiger partial charge in [-0.3, -0.25) is 0 Å². The van der Waals surface area contributed by atoms with Crippen molar-refractivity contribution in [3.63, 3.8) is 0 Å². The molecular formula is C14H8O11. The monoisotopic (exact) mass is 352 g/mol. The van der Waals surface area contributed by atoms with E-state index >= 15 is 0 Å². The molecule has 0 bridgehead atoms. The smallest absolute Gasteiger partial charge is 0.371 e. The fourth-order valence-corrected chi connectivity index (χ4v) is 2.07. The lowest BCUT2D eigenvalue weighted by Crippen LogP contribution is -2.16. The SMILES string of the molecule is O=C(O)c1cc(C(=O)O)c(-c2c(C(=O)O)cc(O)c(O)c2O)c(=O)o1. The Morgan fingerprint density at radius 2 is 1.28 bits per heavy atom. The van der Waals surface area contributed by atoms with Crippen LogP contribution in [0, 0.1) is 0 Å². The summed E-state index contributed by atoms with van der Waals surface area (Å²) >= 11 is 0. The van der Waals surface area contributed by atoms with Crippen LogP contribution in [0.3, 0.4) is 0 Å². The van der Waals surface area contributed by atoms with E-state index in [1.165, 1.54) is 0 Å². The average Bonchev–Trinajstić information content (AvgIpc) is 2.52. The predicted molar refractivity (Wildman–Crippen MR) is 76.3 cm³/mol. The maximum atomic E-state index is 12.1. The lowest BCUT2D eigenvalue weighted by molar-refractivity contribution is 0.0652. The van der Waals surface area contributed by atoms with E-state index in [2.05, 4.69) is 4.42 Å². The molecule has 0 spiro atoms. The van der Waals surface area contributed by atoms with Crippen LogP contribution in [-0.2, 0) is 0 Å². The Kier molecular flexibility index (Phi) is 4.08. The highest BCUT2D eigenvalue weighted by molar-refractivity contribution is 6.05. The summed E-state index contributed by atoms with van der Waals surface area (Å²) in [6.07, 6.45) is 0. The highest BCUT2D eigenvalue weighted by atomic mass is 16.4. The van der Waals surface area contributed by atoms with Gasteiger partial charge in [0, 0.05) is 6.07 Å². The number of aromatic hydroxyl groups is 3. The molecule has 1 heterocycles. The Balaban J connectivity index is 3.04. The van der Waals surface area contributed by atoms with Crippen LogP contribution in [0.5, 0.6) is 17.2 Å². The van der Waals surface area contributed by atoms with Crippen LogP contribution in [0.1, 0.15) is 31.3 Å². The van der Waals surface area contributed by atoms with E-state index in [1.807, 2.05) is 0 Å². The molecule has 25 heavy (non-hydrogen) atoms. The number of phenolic OH excluding ortho intramolecular Hbond substituents is 3. The van der Waals surface area contributed by atoms with Gasteiger partial charge >= 0.3 is 23.5 Å². The molecule has 130 valence electrons. The van der Waals surface area contributed by atoms with Gasteiger partial charge in [-0.05, 0) is 6.07 Å². The number of carboxylic acids is 3. The highest BCUT2D eigenvalue weighted by Crippen LogP contribution is 2.44. The second-order valence-electron chi connectivity index (χ2n) is 4.62. The first-order valence-electron chi connectivity index (χ1n) is 6.22. The number of hydrogen-bond acceptors (Lipinski definition) is 8. The molecule has 0 fully saturated rings. The molecule has 6 N–H and O–H groups in total. The van der Waals surface area contributed by atoms with Gasteiger partial charge in [-0.1, -0.05) is 0 Å². The van der Waals surface area contributed by atoms with Crippen molar-refractivity contribution in [2.45, 2.75) is 0 Å². The summed E-state index contributed by atoms with van der Waals surface area (Å²) in [6, 6.07) is 0.916. The summed E-state index contributed by atoms with van der Waals surface area (Å²) in [5.74, 6) is -9.95. The molecule has 0 radical (unpaired) electrons. The van der Waals surface area contributed by atoms with Crippen molar-refractivity contribution >= 4 is 17.9 Å². The summed E-state index contributed by atoms with van der Waals surface area (Å²) in [7, 11) is 0. The minimum atomic E-state index is -1.83. The summed E-state index contributed by atoms with van der Waals surface area (Å²) in [5, 5.41) is 56.0. The first-order chi connectivity index (χ1) is 11.6. The van der Waals surface area contributed by atoms with Crippen molar-refractivity contribution in [2.75, 3.05) is 0 Å². The minimum absolute atomic E-state index is 0.441. The molecule has 11 heteroatoms. The van der Waals surface area contributed by atoms with Gasteiger partial charge in [0.1, 0.15) is 0 Å². The maximum absolute atomic E-state index is 12.1. The van der Waals surface area contributed by atoms with E-state index in [1.54, 1.807) is 0 Å². The normalized spacial score (nSPS) is 10.4. The standard InChI is InChI=1S/C14H8O11/c15-5-1-3(11(18)19)7(10(17)9(5)16)8-4(12(20)21)2-6(13(22)23)25-14(8)24/h1-2,15-17H,(H,18,19)(H,20,21)(H,22,23). The van der Waals surface area contributed by atoms with Gasteiger partial charge in [0.2, 0.25) is 11.5 Å². The van der Waals surface area contributed by atoms with E-state index in [4.69, 9.17) is 10.2 Å². The molecule has 0 saturated carbocycles. The van der Waals surface area contributed by atoms with Crippen LogP contribution in [0.2, 0.25) is 0 Å². The zero-order valence-electron chi connectivity index (χ0n) is 11.9. The Bertz CT molecular complexity index is 983. The molecule has 2 aromatic rings. The van der Waals surface area contributed by atoms with Crippen LogP contribution in [0.15, 0.2) is 21.3 Å². The lowest BCUT2D eigenvalue weighted by Gasteiger charge is -2.12. The summed E-state index contributed by atoms with van der Waals surface area (Å²) in [4.78, 5) is 45.6. The van der Waals surface area contributed by atoms with Gasteiger partial charge < -0.3 is 35.1 Å². The molecule has 11 nitrogen and oxygen atoms in total. The van der Waals surface area contributed by atoms with E-state index in [0.717, 1.165) is 0 Å². The van der Waals surface area contributed by atoms with E-state index < -0.39 is 68.8 Å². The lowest BCUT2D eigenvalue weighted by atomic mass is 9.95. The Labute approximate surface area is 136 Å². The second kappa shape index (κ2) is 5.88. The quantitative estimate of drug-likeness (QED) is 0.418. The molecule has 0 unspecified atom stereocenters. The predicted octanol–water partition coefficient (Wildman–Crippen LogP) is 0.518. The first kappa shape index (κ1) is 17.3. The largest absolute Gasteiger partial charge is 0.504 e. The van der Waals surface area contributed by atoms with Crippen molar-refractivity contribution in [2.24, 2.45) is 0 Å². The van der Waals surface area contributed by atoms with Crippen LogP contribution in [0.4, 0.5) is 0 Å². The van der Waals surface area contributed by atoms with Crippen molar-refractivity contribution < 1.29 is 49.4 Å². The molecule has 1 aromatic carbocycles. The van der Waals surface area contributed by atoms with Crippen LogP contribution in [0.25, 0.3) is 11.1 Å². The highest BCUT2D eigenvalue weighted by Gasteiger charge is 2.30. The topological polar surface area (TPSA) is 203 Å². The molecule has 0 atom stereocenters. The fourth-order valence-electron chi connectivity index (χ4n) is 2.07. The average molecular weight is 352 g/mol. The molecule has 0 amide bonds. The molecule has 2 rings (SSSR count). The maximum Gasteiger partial charge on any atom is 0.371 e. The van der Waals surface area contributed by atoms with Gasteiger partial charge in [0.05, 0.1) is 22.3 Å². The summed E-state index contributed by atoms with van der Waals surface area (Å²) in [6.45, 7) is 0. The summed E-state index contributed by atoms with van der Waals surface area (Å²) in [5.41, 5.74) is -5.46. The molecule has 0 aliphatic heterocycles. The Morgan fingerprint density at radius 1 is 0.760 bits per heavy atom. The number of aromatic carboxylic acids is 3. The fraction of sp³-hybridized carbons (Fsp3) is 0. The molecule has 0 saturated heterocycles. The number of phenols is 3. The van der Waals surface area contributed by atoms with Crippen molar-refractivity contribution in [1.29, 1.82) is 0 Å². The second-order valence-corrected chi connectivity index (χ2v) is 4.62. The third-order valence-electron chi connectivity index (χ3n) is 3.13. The van der Waals surface area contributed by atoms with Crippen LogP contribution < -0.4 is 5.63 Å². The zero-order chi connectivity index (χ0) is 19.0. The minimum Gasteiger partial charge on any atom is -0.504 e. The van der Waals surface area contributed by atoms with Gasteiger partial charge in [-0.15, -0.1) is 0 Å². The molecule has 0 aliphatic carbocycles. The van der Waals surface area contributed by atoms with Crippen molar-refractivity contribution in [3.05, 3.63) is 39.4 Å². The first-order valence-corrected chi connectivity index (χ1v) is 6.22. The van der Waals surface area contributed by atoms with Crippen LogP contribution in [-0.4, -0.2) is 48.5 Å². The van der Waals surface area contributed by atoms with Gasteiger partial charge in [-0.2, -0.15) is 0 Å². The van der Waals surface area contributed by atoms with E-state index in [0.29, 0.717) is 12.1 Å². The van der Waals surface area contributed by atoms with Gasteiger partial charge in [0.15, 0.2) is 11.5 Å². The zero-order valence-corrected chi connectivity index (χ0v) is 11.9. The summed E-state index contributed by atoms with van der Waals surface area (Å²) < 4.78 is 4.41.